The monoisotopic (exact) mass is 304 g/mol. The number of anilines is 1. The molecule has 3 N–H and O–H groups in total. The highest BCUT2D eigenvalue weighted by Crippen LogP contribution is 2.28. The number of hydrogen-bond donors (Lipinski definition) is 2. The molecule has 0 bridgehead atoms. The maximum Gasteiger partial charge on any atom is 0.407 e. The van der Waals surface area contributed by atoms with Gasteiger partial charge in [0.1, 0.15) is 11.6 Å². The molecule has 3 rings (SSSR count). The third-order valence-electron chi connectivity index (χ3n) is 4.01. The van der Waals surface area contributed by atoms with Crippen molar-refractivity contribution in [1.29, 1.82) is 0 Å². The Morgan fingerprint density at radius 3 is 2.59 bits per heavy atom. The highest BCUT2D eigenvalue weighted by atomic mass is 19.1. The van der Waals surface area contributed by atoms with Crippen LogP contribution in [0.2, 0.25) is 0 Å². The molecule has 22 heavy (non-hydrogen) atoms. The fourth-order valence-corrected chi connectivity index (χ4v) is 2.80. The van der Waals surface area contributed by atoms with Gasteiger partial charge in [0.15, 0.2) is 0 Å². The lowest BCUT2D eigenvalue weighted by Crippen LogP contribution is -2.34. The number of halogens is 1. The van der Waals surface area contributed by atoms with Crippen molar-refractivity contribution < 1.29 is 14.3 Å². The van der Waals surface area contributed by atoms with Gasteiger partial charge in [-0.2, -0.15) is 5.10 Å². The zero-order valence-corrected chi connectivity index (χ0v) is 12.4. The number of carbonyl (C=O) groups is 1. The Morgan fingerprint density at radius 1 is 1.36 bits per heavy atom. The molecule has 6 nitrogen and oxygen atoms in total. The van der Waals surface area contributed by atoms with Gasteiger partial charge in [-0.05, 0) is 37.1 Å². The van der Waals surface area contributed by atoms with Crippen molar-refractivity contribution in [2.45, 2.75) is 26.8 Å². The van der Waals surface area contributed by atoms with Gasteiger partial charge in [-0.15, -0.1) is 0 Å². The van der Waals surface area contributed by atoms with Crippen LogP contribution in [0.4, 0.5) is 15.0 Å². The van der Waals surface area contributed by atoms with Gasteiger partial charge in [-0.3, -0.25) is 0 Å². The Hall–Kier alpha value is -2.57. The van der Waals surface area contributed by atoms with E-state index in [0.29, 0.717) is 35.6 Å². The standard InChI is InChI=1S/C15H17FN4O2/c1-8-5-10(6-9(2)13(8)16)20-14(17)11-7-19(15(21)22)4-3-12(11)18-20/h5-6H,3-4,7,17H2,1-2H3,(H,21,22). The van der Waals surface area contributed by atoms with Crippen molar-refractivity contribution in [3.8, 4) is 5.69 Å². The van der Waals surface area contributed by atoms with Crippen LogP contribution in [0.25, 0.3) is 5.69 Å². The zero-order valence-electron chi connectivity index (χ0n) is 12.4. The molecule has 1 aliphatic rings. The zero-order chi connectivity index (χ0) is 16.0. The summed E-state index contributed by atoms with van der Waals surface area (Å²) < 4.78 is 15.3. The molecule has 1 amide bonds. The topological polar surface area (TPSA) is 84.4 Å². The average Bonchev–Trinajstić information content (AvgIpc) is 2.81. The van der Waals surface area contributed by atoms with Gasteiger partial charge >= 0.3 is 6.09 Å². The molecule has 0 atom stereocenters. The number of carboxylic acid groups (broad SMARTS) is 1. The molecule has 0 fully saturated rings. The van der Waals surface area contributed by atoms with Crippen molar-refractivity contribution >= 4 is 11.9 Å². The van der Waals surface area contributed by atoms with E-state index in [-0.39, 0.29) is 12.4 Å². The SMILES string of the molecule is Cc1cc(-n2nc3c(c2N)CN(C(=O)O)CC3)cc(C)c1F. The number of fused-ring (bicyclic) bond motifs is 1. The number of nitrogens with zero attached hydrogens (tertiary/aromatic N) is 3. The van der Waals surface area contributed by atoms with Crippen LogP contribution in [0.15, 0.2) is 12.1 Å². The molecule has 2 heterocycles. The molecular formula is C15H17FN4O2. The molecule has 0 unspecified atom stereocenters. The van der Waals surface area contributed by atoms with E-state index < -0.39 is 6.09 Å². The predicted octanol–water partition coefficient (Wildman–Crippen LogP) is 2.25. The molecule has 2 aromatic rings. The lowest BCUT2D eigenvalue weighted by molar-refractivity contribution is 0.140. The predicted molar refractivity (Wildman–Crippen MR) is 79.5 cm³/mol. The average molecular weight is 304 g/mol. The van der Waals surface area contributed by atoms with E-state index in [1.807, 2.05) is 0 Å². The first-order valence-corrected chi connectivity index (χ1v) is 6.99. The fraction of sp³-hybridized carbons (Fsp3) is 0.333. The molecule has 0 aliphatic carbocycles. The summed E-state index contributed by atoms with van der Waals surface area (Å²) in [5.74, 6) is 0.169. The van der Waals surface area contributed by atoms with Gasteiger partial charge in [0.05, 0.1) is 17.9 Å². The molecule has 7 heteroatoms. The van der Waals surface area contributed by atoms with Crippen LogP contribution in [-0.4, -0.2) is 32.4 Å². The number of aryl methyl sites for hydroxylation is 2. The van der Waals surface area contributed by atoms with Crippen molar-refractivity contribution in [1.82, 2.24) is 14.7 Å². The second kappa shape index (κ2) is 5.01. The van der Waals surface area contributed by atoms with E-state index in [1.54, 1.807) is 30.7 Å². The minimum Gasteiger partial charge on any atom is -0.465 e. The summed E-state index contributed by atoms with van der Waals surface area (Å²) in [7, 11) is 0. The number of amides is 1. The van der Waals surface area contributed by atoms with E-state index in [2.05, 4.69) is 5.10 Å². The summed E-state index contributed by atoms with van der Waals surface area (Å²) in [6.07, 6.45) is -0.441. The first-order valence-electron chi connectivity index (χ1n) is 6.99. The normalized spacial score (nSPS) is 14.0. The van der Waals surface area contributed by atoms with Gasteiger partial charge in [-0.25, -0.2) is 13.9 Å². The first-order chi connectivity index (χ1) is 10.4. The summed E-state index contributed by atoms with van der Waals surface area (Å²) in [5.41, 5.74) is 9.41. The van der Waals surface area contributed by atoms with Gasteiger partial charge in [0, 0.05) is 18.5 Å². The summed E-state index contributed by atoms with van der Waals surface area (Å²) >= 11 is 0. The van der Waals surface area contributed by atoms with Crippen LogP contribution in [0.3, 0.4) is 0 Å². The van der Waals surface area contributed by atoms with Crippen molar-refractivity contribution in [3.63, 3.8) is 0 Å². The van der Waals surface area contributed by atoms with E-state index in [4.69, 9.17) is 10.8 Å². The minimum absolute atomic E-state index is 0.232. The third kappa shape index (κ3) is 2.18. The van der Waals surface area contributed by atoms with Crippen LogP contribution in [0, 0.1) is 19.7 Å². The Balaban J connectivity index is 2.06. The Labute approximate surface area is 127 Å². The molecule has 0 spiro atoms. The summed E-state index contributed by atoms with van der Waals surface area (Å²) in [6.45, 7) is 4.02. The van der Waals surface area contributed by atoms with Gasteiger partial charge in [0.25, 0.3) is 0 Å². The fourth-order valence-electron chi connectivity index (χ4n) is 2.80. The highest BCUT2D eigenvalue weighted by Gasteiger charge is 2.26. The molecule has 0 radical (unpaired) electrons. The summed E-state index contributed by atoms with van der Waals surface area (Å²) in [5, 5.41) is 13.6. The molecule has 0 saturated carbocycles. The van der Waals surface area contributed by atoms with E-state index in [0.717, 1.165) is 11.3 Å². The van der Waals surface area contributed by atoms with Crippen LogP contribution in [-0.2, 0) is 13.0 Å². The maximum atomic E-state index is 13.8. The van der Waals surface area contributed by atoms with Crippen LogP contribution in [0.5, 0.6) is 0 Å². The van der Waals surface area contributed by atoms with Crippen LogP contribution < -0.4 is 5.73 Å². The van der Waals surface area contributed by atoms with Crippen molar-refractivity contribution in [3.05, 3.63) is 40.3 Å². The van der Waals surface area contributed by atoms with Crippen LogP contribution >= 0.6 is 0 Å². The summed E-state index contributed by atoms with van der Waals surface area (Å²) in [4.78, 5) is 12.4. The van der Waals surface area contributed by atoms with E-state index in [1.165, 1.54) is 4.90 Å². The van der Waals surface area contributed by atoms with E-state index in [9.17, 15) is 9.18 Å². The minimum atomic E-state index is -0.966. The first kappa shape index (κ1) is 14.4. The van der Waals surface area contributed by atoms with Gasteiger partial charge in [-0.1, -0.05) is 0 Å². The lowest BCUT2D eigenvalue weighted by Gasteiger charge is -2.23. The number of benzene rings is 1. The highest BCUT2D eigenvalue weighted by molar-refractivity contribution is 5.66. The van der Waals surface area contributed by atoms with Crippen molar-refractivity contribution in [2.75, 3.05) is 12.3 Å². The molecule has 1 aromatic carbocycles. The molecular weight excluding hydrogens is 287 g/mol. The number of nitrogens with two attached hydrogens (primary N) is 1. The number of hydrogen-bond acceptors (Lipinski definition) is 3. The second-order valence-corrected chi connectivity index (χ2v) is 5.57. The van der Waals surface area contributed by atoms with Gasteiger partial charge in [0.2, 0.25) is 0 Å². The molecule has 1 aliphatic heterocycles. The molecule has 1 aromatic heterocycles. The van der Waals surface area contributed by atoms with Crippen LogP contribution in [0.1, 0.15) is 22.4 Å². The lowest BCUT2D eigenvalue weighted by atomic mass is 10.1. The van der Waals surface area contributed by atoms with Gasteiger partial charge < -0.3 is 15.7 Å². The third-order valence-corrected chi connectivity index (χ3v) is 4.01. The number of rotatable bonds is 1. The van der Waals surface area contributed by atoms with E-state index >= 15 is 0 Å². The molecule has 0 saturated heterocycles. The Kier molecular flexibility index (Phi) is 3.27. The smallest absolute Gasteiger partial charge is 0.407 e. The Bertz CT molecular complexity index is 746. The Morgan fingerprint density at radius 2 is 2.00 bits per heavy atom. The molecule has 116 valence electrons. The second-order valence-electron chi connectivity index (χ2n) is 5.57. The largest absolute Gasteiger partial charge is 0.465 e. The quantitative estimate of drug-likeness (QED) is 0.846. The maximum absolute atomic E-state index is 13.8. The number of aromatic nitrogens is 2. The van der Waals surface area contributed by atoms with Crippen molar-refractivity contribution in [2.24, 2.45) is 0 Å². The summed E-state index contributed by atoms with van der Waals surface area (Å²) in [6, 6.07) is 3.37. The number of nitrogen functional groups attached to an aromatic ring is 1.